The average molecular weight is 351 g/mol. The minimum Gasteiger partial charge on any atom is -0.372 e. The van der Waals surface area contributed by atoms with Gasteiger partial charge in [-0.1, -0.05) is 12.6 Å². The molecule has 0 amide bonds. The fraction of sp³-hybridized carbons (Fsp3) is 0.368. The molecule has 0 radical (unpaired) electrons. The molecule has 2 saturated heterocycles. The SMILES string of the molecule is C=C(/C=C\c1ncc(-c2cccc(N3CC(NN)C3)n2)[nH]1)N1CCCC1. The number of allylic oxidation sites excluding steroid dienone is 1. The van der Waals surface area contributed by atoms with Crippen LogP contribution in [-0.2, 0) is 0 Å². The number of pyridine rings is 1. The van der Waals surface area contributed by atoms with Crippen LogP contribution in [0.4, 0.5) is 5.82 Å². The molecule has 0 atom stereocenters. The lowest BCUT2D eigenvalue weighted by molar-refractivity contribution is 0.426. The first kappa shape index (κ1) is 16.8. The maximum atomic E-state index is 5.46. The van der Waals surface area contributed by atoms with E-state index in [2.05, 4.69) is 31.8 Å². The normalized spacial score (nSPS) is 17.9. The van der Waals surface area contributed by atoms with Crippen molar-refractivity contribution in [3.05, 3.63) is 48.6 Å². The van der Waals surface area contributed by atoms with Gasteiger partial charge in [0, 0.05) is 31.9 Å². The van der Waals surface area contributed by atoms with Crippen molar-refractivity contribution in [3.8, 4) is 11.4 Å². The molecular weight excluding hydrogens is 326 g/mol. The Labute approximate surface area is 153 Å². The number of nitrogens with zero attached hydrogens (tertiary/aromatic N) is 4. The number of aromatic amines is 1. The summed E-state index contributed by atoms with van der Waals surface area (Å²) in [6, 6.07) is 6.37. The number of hydrogen-bond donors (Lipinski definition) is 3. The zero-order valence-electron chi connectivity index (χ0n) is 14.9. The number of anilines is 1. The van der Waals surface area contributed by atoms with Crippen molar-refractivity contribution < 1.29 is 0 Å². The maximum absolute atomic E-state index is 5.46. The first-order chi connectivity index (χ1) is 12.7. The molecule has 2 aliphatic heterocycles. The molecule has 0 saturated carbocycles. The summed E-state index contributed by atoms with van der Waals surface area (Å²) in [4.78, 5) is 17.0. The van der Waals surface area contributed by atoms with Crippen molar-refractivity contribution in [2.45, 2.75) is 18.9 Å². The van der Waals surface area contributed by atoms with E-state index in [1.807, 2.05) is 36.5 Å². The Bertz CT molecular complexity index is 798. The molecule has 4 N–H and O–H groups in total. The number of nitrogens with two attached hydrogens (primary N) is 1. The van der Waals surface area contributed by atoms with Crippen LogP contribution >= 0.6 is 0 Å². The van der Waals surface area contributed by atoms with Crippen molar-refractivity contribution in [1.29, 1.82) is 0 Å². The fourth-order valence-corrected chi connectivity index (χ4v) is 3.36. The van der Waals surface area contributed by atoms with Crippen molar-refractivity contribution >= 4 is 11.9 Å². The van der Waals surface area contributed by atoms with Crippen molar-refractivity contribution in [2.24, 2.45) is 5.84 Å². The van der Waals surface area contributed by atoms with Crippen LogP contribution in [0.15, 0.2) is 42.7 Å². The summed E-state index contributed by atoms with van der Waals surface area (Å²) in [7, 11) is 0. The predicted octanol–water partition coefficient (Wildman–Crippen LogP) is 1.75. The van der Waals surface area contributed by atoms with Gasteiger partial charge < -0.3 is 14.8 Å². The van der Waals surface area contributed by atoms with Crippen LogP contribution in [0.1, 0.15) is 18.7 Å². The summed E-state index contributed by atoms with van der Waals surface area (Å²) >= 11 is 0. The molecule has 0 aromatic carbocycles. The summed E-state index contributed by atoms with van der Waals surface area (Å²) < 4.78 is 0. The Morgan fingerprint density at radius 2 is 2.12 bits per heavy atom. The molecule has 7 nitrogen and oxygen atoms in total. The zero-order valence-corrected chi connectivity index (χ0v) is 14.9. The van der Waals surface area contributed by atoms with E-state index in [9.17, 15) is 0 Å². The van der Waals surface area contributed by atoms with Gasteiger partial charge in [-0.15, -0.1) is 0 Å². The Morgan fingerprint density at radius 1 is 1.31 bits per heavy atom. The van der Waals surface area contributed by atoms with E-state index < -0.39 is 0 Å². The predicted molar refractivity (Wildman–Crippen MR) is 104 cm³/mol. The standard InChI is InChI=1S/C19H25N7/c1-14(25-9-2-3-10-25)7-8-18-21-11-17(22-18)16-5-4-6-19(23-16)26-12-15(13-26)24-20/h4-8,11,15,24H,1-3,9-10,12-13,20H2,(H,21,22)/b8-7-. The third kappa shape index (κ3) is 3.49. The van der Waals surface area contributed by atoms with Crippen LogP contribution in [0.3, 0.4) is 0 Å². The molecule has 136 valence electrons. The smallest absolute Gasteiger partial charge is 0.130 e. The summed E-state index contributed by atoms with van der Waals surface area (Å²) in [5.74, 6) is 7.23. The molecule has 0 aliphatic carbocycles. The fourth-order valence-electron chi connectivity index (χ4n) is 3.36. The van der Waals surface area contributed by atoms with Gasteiger partial charge in [0.25, 0.3) is 0 Å². The van der Waals surface area contributed by atoms with Crippen LogP contribution in [0.2, 0.25) is 0 Å². The molecule has 2 aliphatic rings. The minimum absolute atomic E-state index is 0.341. The third-order valence-corrected chi connectivity index (χ3v) is 4.99. The molecule has 2 fully saturated rings. The molecule has 0 spiro atoms. The topological polar surface area (TPSA) is 86.1 Å². The van der Waals surface area contributed by atoms with Crippen molar-refractivity contribution in [2.75, 3.05) is 31.1 Å². The van der Waals surface area contributed by atoms with E-state index in [0.29, 0.717) is 6.04 Å². The number of H-pyrrole nitrogens is 1. The van der Waals surface area contributed by atoms with Crippen LogP contribution in [-0.4, -0.2) is 52.1 Å². The van der Waals surface area contributed by atoms with Gasteiger partial charge in [-0.2, -0.15) is 0 Å². The van der Waals surface area contributed by atoms with Crippen LogP contribution in [0, 0.1) is 0 Å². The molecular formula is C19H25N7. The van der Waals surface area contributed by atoms with Crippen molar-refractivity contribution in [3.63, 3.8) is 0 Å². The van der Waals surface area contributed by atoms with E-state index in [0.717, 1.165) is 54.9 Å². The molecule has 2 aromatic rings. The maximum Gasteiger partial charge on any atom is 0.130 e. The average Bonchev–Trinajstić information content (AvgIpc) is 3.31. The molecule has 26 heavy (non-hydrogen) atoms. The lowest BCUT2D eigenvalue weighted by Gasteiger charge is -2.39. The van der Waals surface area contributed by atoms with Crippen LogP contribution in [0.25, 0.3) is 17.5 Å². The third-order valence-electron chi connectivity index (χ3n) is 4.99. The largest absolute Gasteiger partial charge is 0.372 e. The van der Waals surface area contributed by atoms with E-state index >= 15 is 0 Å². The first-order valence-electron chi connectivity index (χ1n) is 9.08. The highest BCUT2D eigenvalue weighted by Gasteiger charge is 2.26. The second-order valence-electron chi connectivity index (χ2n) is 6.85. The number of likely N-dealkylation sites (tertiary alicyclic amines) is 1. The monoisotopic (exact) mass is 351 g/mol. The molecule has 4 rings (SSSR count). The molecule has 4 heterocycles. The Morgan fingerprint density at radius 3 is 2.88 bits per heavy atom. The Balaban J connectivity index is 1.43. The summed E-state index contributed by atoms with van der Waals surface area (Å²) in [6.07, 6.45) is 8.32. The Hall–Kier alpha value is -2.64. The molecule has 2 aromatic heterocycles. The van der Waals surface area contributed by atoms with Gasteiger partial charge >= 0.3 is 0 Å². The van der Waals surface area contributed by atoms with Crippen LogP contribution < -0.4 is 16.2 Å². The zero-order chi connectivity index (χ0) is 17.9. The molecule has 0 bridgehead atoms. The number of aromatic nitrogens is 3. The van der Waals surface area contributed by atoms with Gasteiger partial charge in [-0.3, -0.25) is 11.3 Å². The minimum atomic E-state index is 0.341. The van der Waals surface area contributed by atoms with Gasteiger partial charge in [-0.05, 0) is 37.1 Å². The van der Waals surface area contributed by atoms with Gasteiger partial charge in [-0.25, -0.2) is 9.97 Å². The summed E-state index contributed by atoms with van der Waals surface area (Å²) in [5, 5.41) is 0. The Kier molecular flexibility index (Phi) is 4.73. The summed E-state index contributed by atoms with van der Waals surface area (Å²) in [5.41, 5.74) is 5.63. The second-order valence-corrected chi connectivity index (χ2v) is 6.85. The van der Waals surface area contributed by atoms with Crippen molar-refractivity contribution in [1.82, 2.24) is 25.3 Å². The highest BCUT2D eigenvalue weighted by Crippen LogP contribution is 2.23. The number of nitrogens with one attached hydrogen (secondary N) is 2. The first-order valence-corrected chi connectivity index (χ1v) is 9.08. The highest BCUT2D eigenvalue weighted by atomic mass is 15.4. The number of hydrazine groups is 1. The molecule has 7 heteroatoms. The van der Waals surface area contributed by atoms with Crippen LogP contribution in [0.5, 0.6) is 0 Å². The van der Waals surface area contributed by atoms with E-state index in [1.54, 1.807) is 0 Å². The van der Waals surface area contributed by atoms with Gasteiger partial charge in [0.05, 0.1) is 23.6 Å². The van der Waals surface area contributed by atoms with Gasteiger partial charge in [0.1, 0.15) is 11.6 Å². The number of hydrogen-bond acceptors (Lipinski definition) is 6. The molecule has 0 unspecified atom stereocenters. The summed E-state index contributed by atoms with van der Waals surface area (Å²) in [6.45, 7) is 8.09. The van der Waals surface area contributed by atoms with E-state index in [1.165, 1.54) is 12.8 Å². The lowest BCUT2D eigenvalue weighted by Crippen LogP contribution is -2.60. The van der Waals surface area contributed by atoms with Gasteiger partial charge in [0.2, 0.25) is 0 Å². The highest BCUT2D eigenvalue weighted by molar-refractivity contribution is 5.60. The second kappa shape index (κ2) is 7.31. The van der Waals surface area contributed by atoms with Gasteiger partial charge in [0.15, 0.2) is 0 Å². The van der Waals surface area contributed by atoms with E-state index in [-0.39, 0.29) is 0 Å². The lowest BCUT2D eigenvalue weighted by atomic mass is 10.1. The van der Waals surface area contributed by atoms with E-state index in [4.69, 9.17) is 10.8 Å². The quantitative estimate of drug-likeness (QED) is 0.418. The number of imidazole rings is 1. The number of rotatable bonds is 6.